The van der Waals surface area contributed by atoms with Crippen molar-refractivity contribution in [3.05, 3.63) is 156 Å². The van der Waals surface area contributed by atoms with Gasteiger partial charge in [-0.3, -0.25) is 0 Å². The molecule has 0 amide bonds. The van der Waals surface area contributed by atoms with Crippen LogP contribution >= 0.6 is 0 Å². The number of nitrogens with zero attached hydrogens (tertiary/aromatic N) is 6. The number of furan rings is 1. The number of hydrogen-bond acceptors (Lipinski definition) is 5. The molecule has 0 spiro atoms. The topological polar surface area (TPSA) is 95.8 Å². The first-order valence-corrected chi connectivity index (χ1v) is 15.9. The van der Waals surface area contributed by atoms with E-state index in [9.17, 15) is 10.5 Å². The monoisotopic (exact) mass is 638 g/mol. The maximum Gasteiger partial charge on any atom is 0.212 e. The van der Waals surface area contributed by atoms with E-state index >= 15 is 0 Å². The fraction of sp³-hybridized carbons (Fsp3) is 0. The van der Waals surface area contributed by atoms with E-state index in [1.54, 1.807) is 12.1 Å². The molecule has 0 fully saturated rings. The van der Waals surface area contributed by atoms with Gasteiger partial charge in [-0.05, 0) is 42.0 Å². The highest BCUT2D eigenvalue weighted by molar-refractivity contribution is 6.27. The molecule has 9 aromatic rings. The summed E-state index contributed by atoms with van der Waals surface area (Å²) in [6, 6.07) is 47.1. The zero-order chi connectivity index (χ0) is 33.8. The van der Waals surface area contributed by atoms with Crippen molar-refractivity contribution >= 4 is 49.4 Å². The molecule has 9 rings (SSSR count). The summed E-state index contributed by atoms with van der Waals surface area (Å²) in [4.78, 5) is 13.7. The molecule has 230 valence electrons. The van der Waals surface area contributed by atoms with Crippen molar-refractivity contribution in [2.75, 3.05) is 0 Å². The predicted molar refractivity (Wildman–Crippen MR) is 196 cm³/mol. The predicted octanol–water partition coefficient (Wildman–Crippen LogP) is 10.8. The van der Waals surface area contributed by atoms with Crippen LogP contribution in [-0.2, 0) is 0 Å². The van der Waals surface area contributed by atoms with E-state index in [0.29, 0.717) is 28.5 Å². The lowest BCUT2D eigenvalue weighted by molar-refractivity contribution is 0.669. The van der Waals surface area contributed by atoms with Gasteiger partial charge in [0.2, 0.25) is 5.69 Å². The van der Waals surface area contributed by atoms with E-state index in [0.717, 1.165) is 54.9 Å². The number of nitriles is 2. The van der Waals surface area contributed by atoms with Crippen molar-refractivity contribution in [2.24, 2.45) is 0 Å². The minimum Gasteiger partial charge on any atom is -0.456 e. The summed E-state index contributed by atoms with van der Waals surface area (Å²) in [5, 5.41) is 25.2. The summed E-state index contributed by atoms with van der Waals surface area (Å²) in [5.41, 5.74) is 7.34. The average Bonchev–Trinajstić information content (AvgIpc) is 3.73. The van der Waals surface area contributed by atoms with Gasteiger partial charge in [-0.2, -0.15) is 10.5 Å². The normalized spacial score (nSPS) is 11.1. The Balaban J connectivity index is 1.35. The van der Waals surface area contributed by atoms with Crippen LogP contribution in [0.2, 0.25) is 0 Å². The Labute approximate surface area is 286 Å². The maximum absolute atomic E-state index is 10.7. The van der Waals surface area contributed by atoms with E-state index in [-0.39, 0.29) is 16.8 Å². The van der Waals surface area contributed by atoms with Crippen LogP contribution in [0, 0.1) is 29.2 Å². The Morgan fingerprint density at radius 1 is 0.600 bits per heavy atom. The number of benzene rings is 6. The lowest BCUT2D eigenvalue weighted by Gasteiger charge is -2.16. The number of aromatic nitrogens is 3. The highest BCUT2D eigenvalue weighted by atomic mass is 16.3. The molecule has 7 heteroatoms. The molecule has 50 heavy (non-hydrogen) atoms. The summed E-state index contributed by atoms with van der Waals surface area (Å²) in [5.74, 6) is 0.434. The molecule has 0 saturated heterocycles. The van der Waals surface area contributed by atoms with Crippen LogP contribution in [0.15, 0.2) is 138 Å². The van der Waals surface area contributed by atoms with Gasteiger partial charge >= 0.3 is 0 Å². The van der Waals surface area contributed by atoms with E-state index in [1.165, 1.54) is 0 Å². The summed E-state index contributed by atoms with van der Waals surface area (Å²) in [6.45, 7) is 8.39. The second-order valence-electron chi connectivity index (χ2n) is 11.9. The minimum absolute atomic E-state index is 0.254. The molecule has 7 nitrogen and oxygen atoms in total. The first-order chi connectivity index (χ1) is 24.7. The second kappa shape index (κ2) is 11.3. The van der Waals surface area contributed by atoms with Crippen LogP contribution in [-0.4, -0.2) is 14.5 Å². The van der Waals surface area contributed by atoms with Gasteiger partial charge in [0.15, 0.2) is 5.82 Å². The summed E-state index contributed by atoms with van der Waals surface area (Å²) in [6.07, 6.45) is 0. The molecular weight excluding hydrogens is 617 g/mol. The molecule has 0 saturated carbocycles. The van der Waals surface area contributed by atoms with Crippen molar-refractivity contribution in [2.45, 2.75) is 0 Å². The third kappa shape index (κ3) is 4.27. The highest BCUT2D eigenvalue weighted by Gasteiger charge is 2.25. The third-order valence-electron chi connectivity index (χ3n) is 9.10. The van der Waals surface area contributed by atoms with Gasteiger partial charge < -0.3 is 8.98 Å². The average molecular weight is 639 g/mol. The molecule has 0 aliphatic carbocycles. The maximum atomic E-state index is 10.7. The SMILES string of the molecule is [C-]#[N+]c1cc(-c2nc(-c3ccccc3)nc(-c3ccccc3)c2C#N)cc(C#N)c1-n1c2ccccc2c2c3c(ccc21)oc1ccccc13. The molecule has 0 atom stereocenters. The van der Waals surface area contributed by atoms with Gasteiger partial charge in [-0.1, -0.05) is 97.1 Å². The van der Waals surface area contributed by atoms with Gasteiger partial charge in [0, 0.05) is 32.7 Å². The van der Waals surface area contributed by atoms with E-state index in [1.807, 2.05) is 114 Å². The Morgan fingerprint density at radius 3 is 1.98 bits per heavy atom. The quantitative estimate of drug-likeness (QED) is 0.179. The molecular formula is C43H22N6O. The van der Waals surface area contributed by atoms with Crippen molar-refractivity contribution in [3.63, 3.8) is 0 Å². The molecule has 0 aliphatic heterocycles. The molecule has 3 aromatic heterocycles. The zero-order valence-electron chi connectivity index (χ0n) is 26.3. The molecule has 0 unspecified atom stereocenters. The van der Waals surface area contributed by atoms with E-state index < -0.39 is 0 Å². The number of fused-ring (bicyclic) bond motifs is 7. The summed E-state index contributed by atoms with van der Waals surface area (Å²) >= 11 is 0. The largest absolute Gasteiger partial charge is 0.456 e. The number of hydrogen-bond donors (Lipinski definition) is 0. The van der Waals surface area contributed by atoms with Crippen LogP contribution < -0.4 is 0 Å². The van der Waals surface area contributed by atoms with Gasteiger partial charge in [0.1, 0.15) is 22.8 Å². The van der Waals surface area contributed by atoms with Gasteiger partial charge in [-0.15, -0.1) is 0 Å². The number of rotatable bonds is 4. The lowest BCUT2D eigenvalue weighted by atomic mass is 9.97. The van der Waals surface area contributed by atoms with Crippen LogP contribution in [0.25, 0.3) is 88.2 Å². The van der Waals surface area contributed by atoms with E-state index in [4.69, 9.17) is 21.0 Å². The van der Waals surface area contributed by atoms with Gasteiger partial charge in [0.05, 0.1) is 46.3 Å². The van der Waals surface area contributed by atoms with Crippen LogP contribution in [0.1, 0.15) is 11.1 Å². The Morgan fingerprint density at radius 2 is 1.26 bits per heavy atom. The Kier molecular flexibility index (Phi) is 6.49. The van der Waals surface area contributed by atoms with Crippen molar-refractivity contribution in [3.8, 4) is 51.7 Å². The Hall–Kier alpha value is -7.53. The Bertz CT molecular complexity index is 2920. The smallest absolute Gasteiger partial charge is 0.212 e. The van der Waals surface area contributed by atoms with Crippen molar-refractivity contribution in [1.29, 1.82) is 10.5 Å². The van der Waals surface area contributed by atoms with Gasteiger partial charge in [0.25, 0.3) is 0 Å². The fourth-order valence-electron chi connectivity index (χ4n) is 6.97. The summed E-state index contributed by atoms with van der Waals surface area (Å²) in [7, 11) is 0. The first-order valence-electron chi connectivity index (χ1n) is 15.9. The fourth-order valence-corrected chi connectivity index (χ4v) is 6.97. The van der Waals surface area contributed by atoms with Crippen LogP contribution in [0.3, 0.4) is 0 Å². The molecule has 0 N–H and O–H groups in total. The van der Waals surface area contributed by atoms with Crippen LogP contribution in [0.5, 0.6) is 0 Å². The zero-order valence-corrected chi connectivity index (χ0v) is 26.3. The molecule has 0 aliphatic rings. The van der Waals surface area contributed by atoms with Crippen LogP contribution in [0.4, 0.5) is 5.69 Å². The lowest BCUT2D eigenvalue weighted by Crippen LogP contribution is -2.03. The van der Waals surface area contributed by atoms with Gasteiger partial charge in [-0.25, -0.2) is 14.8 Å². The van der Waals surface area contributed by atoms with E-state index in [2.05, 4.69) is 29.1 Å². The third-order valence-corrected chi connectivity index (χ3v) is 9.10. The van der Waals surface area contributed by atoms with Crippen molar-refractivity contribution < 1.29 is 4.42 Å². The molecule has 6 aromatic carbocycles. The highest BCUT2D eigenvalue weighted by Crippen LogP contribution is 2.44. The van der Waals surface area contributed by atoms with Crippen molar-refractivity contribution in [1.82, 2.24) is 14.5 Å². The minimum atomic E-state index is 0.254. The molecule has 0 radical (unpaired) electrons. The standard InChI is InChI=1S/C43H22N6O/c1-46-33-23-28(41-32(25-45)40(26-12-4-2-5-13-26)47-43(48-41)27-14-6-3-7-15-27)22-29(24-44)42(33)49-34-18-10-8-16-30(34)38-35(49)20-21-37-39(38)31-17-9-11-19-36(31)50-37/h2-23H. The first kappa shape index (κ1) is 28.7. The molecule has 3 heterocycles. The number of para-hydroxylation sites is 2. The molecule has 0 bridgehead atoms. The second-order valence-corrected chi connectivity index (χ2v) is 11.9. The summed E-state index contributed by atoms with van der Waals surface area (Å²) < 4.78 is 8.23.